The maximum Gasteiger partial charge on any atom is 0.323 e. The fourth-order valence-corrected chi connectivity index (χ4v) is 7.88. The standard InChI is InChI=1S/C39H49N3O6/c1-24-19-25(2)35(26(3)20-24)40-39(46)41-36-34(32(47-4)23-31(37(36)48-5)28-14-8-6-9-15-28)38(45)42(29-16-10-7-11-17-29)30-18-12-13-27(21-30)22-33(43)44/h6,8-9,14-15,19-20,23,27,29-30H,7,10-13,16-18,21-22H2,1-5H3,(H,43,44)(H2,40,41,46)/t27-,30-/m0/s1. The average Bonchev–Trinajstić information content (AvgIpc) is 3.06. The summed E-state index contributed by atoms with van der Waals surface area (Å²) in [4.78, 5) is 42.7. The second-order valence-corrected chi connectivity index (χ2v) is 13.4. The van der Waals surface area contributed by atoms with E-state index < -0.39 is 12.0 Å². The molecule has 5 rings (SSSR count). The van der Waals surface area contributed by atoms with Gasteiger partial charge >= 0.3 is 12.0 Å². The lowest BCUT2D eigenvalue weighted by Gasteiger charge is -2.43. The van der Waals surface area contributed by atoms with Gasteiger partial charge in [-0.15, -0.1) is 0 Å². The van der Waals surface area contributed by atoms with E-state index in [1.807, 2.05) is 74.2 Å². The number of amides is 3. The van der Waals surface area contributed by atoms with Crippen molar-refractivity contribution < 1.29 is 29.0 Å². The molecule has 0 radical (unpaired) electrons. The van der Waals surface area contributed by atoms with E-state index in [0.29, 0.717) is 29.2 Å². The Labute approximate surface area is 284 Å². The van der Waals surface area contributed by atoms with Crippen LogP contribution in [0.25, 0.3) is 11.1 Å². The molecule has 0 aromatic heterocycles. The zero-order chi connectivity index (χ0) is 34.4. The highest BCUT2D eigenvalue weighted by Gasteiger charge is 2.39. The largest absolute Gasteiger partial charge is 0.496 e. The van der Waals surface area contributed by atoms with E-state index in [1.54, 1.807) is 0 Å². The lowest BCUT2D eigenvalue weighted by molar-refractivity contribution is -0.138. The molecular weight excluding hydrogens is 606 g/mol. The predicted molar refractivity (Wildman–Crippen MR) is 189 cm³/mol. The lowest BCUT2D eigenvalue weighted by atomic mass is 9.81. The van der Waals surface area contributed by atoms with Crippen molar-refractivity contribution in [2.45, 2.75) is 97.1 Å². The summed E-state index contributed by atoms with van der Waals surface area (Å²) in [5, 5.41) is 15.6. The van der Waals surface area contributed by atoms with Gasteiger partial charge in [0, 0.05) is 29.8 Å². The molecule has 9 heteroatoms. The third-order valence-electron chi connectivity index (χ3n) is 9.93. The minimum absolute atomic E-state index is 0.00129. The Balaban J connectivity index is 1.64. The molecule has 48 heavy (non-hydrogen) atoms. The number of carboxylic acids is 1. The predicted octanol–water partition coefficient (Wildman–Crippen LogP) is 8.75. The van der Waals surface area contributed by atoms with Gasteiger partial charge in [0.2, 0.25) is 0 Å². The Morgan fingerprint density at radius 2 is 1.46 bits per heavy atom. The van der Waals surface area contributed by atoms with E-state index in [2.05, 4.69) is 10.6 Å². The van der Waals surface area contributed by atoms with Crippen molar-refractivity contribution in [3.8, 4) is 22.6 Å². The fourth-order valence-electron chi connectivity index (χ4n) is 7.88. The van der Waals surface area contributed by atoms with Gasteiger partial charge in [0.25, 0.3) is 5.91 Å². The first-order valence-corrected chi connectivity index (χ1v) is 17.2. The van der Waals surface area contributed by atoms with Crippen LogP contribution in [0.4, 0.5) is 16.2 Å². The number of anilines is 2. The van der Waals surface area contributed by atoms with Crippen LogP contribution in [-0.2, 0) is 4.79 Å². The van der Waals surface area contributed by atoms with Crippen molar-refractivity contribution in [3.05, 3.63) is 70.8 Å². The first-order chi connectivity index (χ1) is 23.1. The van der Waals surface area contributed by atoms with E-state index in [9.17, 15) is 14.7 Å². The van der Waals surface area contributed by atoms with Crippen molar-refractivity contribution in [1.29, 1.82) is 0 Å². The van der Waals surface area contributed by atoms with Crippen LogP contribution in [0.1, 0.15) is 91.3 Å². The highest BCUT2D eigenvalue weighted by molar-refractivity contribution is 6.11. The molecule has 2 saturated carbocycles. The summed E-state index contributed by atoms with van der Waals surface area (Å²) >= 11 is 0. The van der Waals surface area contributed by atoms with Crippen molar-refractivity contribution >= 4 is 29.3 Å². The Hall–Kier alpha value is -4.53. The SMILES string of the molecule is COc1cc(-c2ccccc2)c(OC)c(NC(=O)Nc2c(C)cc(C)cc2C)c1C(=O)N(C1CCCCC1)[C@H]1CCC[C@H](CC(=O)O)C1. The van der Waals surface area contributed by atoms with Crippen LogP contribution >= 0.6 is 0 Å². The fraction of sp³-hybridized carbons (Fsp3) is 0.462. The molecule has 2 atom stereocenters. The number of methoxy groups -OCH3 is 2. The smallest absolute Gasteiger partial charge is 0.323 e. The third kappa shape index (κ3) is 7.77. The topological polar surface area (TPSA) is 117 Å². The Bertz CT molecular complexity index is 1610. The summed E-state index contributed by atoms with van der Waals surface area (Å²) in [5.74, 6) is -0.363. The molecular formula is C39H49N3O6. The van der Waals surface area contributed by atoms with Gasteiger partial charge < -0.3 is 30.1 Å². The number of nitrogens with one attached hydrogen (secondary N) is 2. The van der Waals surface area contributed by atoms with Crippen molar-refractivity contribution in [3.63, 3.8) is 0 Å². The van der Waals surface area contributed by atoms with Gasteiger partial charge in [-0.25, -0.2) is 4.79 Å². The molecule has 0 aliphatic heterocycles. The molecule has 0 heterocycles. The van der Waals surface area contributed by atoms with Crippen molar-refractivity contribution in [2.24, 2.45) is 5.92 Å². The van der Waals surface area contributed by atoms with E-state index in [1.165, 1.54) is 14.2 Å². The number of carbonyl (C=O) groups is 3. The number of carboxylic acid groups (broad SMARTS) is 1. The summed E-state index contributed by atoms with van der Waals surface area (Å²) in [7, 11) is 3.07. The zero-order valence-electron chi connectivity index (χ0n) is 28.9. The van der Waals surface area contributed by atoms with Gasteiger partial charge in [0.05, 0.1) is 14.2 Å². The van der Waals surface area contributed by atoms with Gasteiger partial charge in [0.15, 0.2) is 5.75 Å². The summed E-state index contributed by atoms with van der Waals surface area (Å²) in [6, 6.07) is 14.9. The van der Waals surface area contributed by atoms with Crippen LogP contribution in [0.2, 0.25) is 0 Å². The van der Waals surface area contributed by atoms with Crippen LogP contribution < -0.4 is 20.1 Å². The maximum atomic E-state index is 15.2. The van der Waals surface area contributed by atoms with Crippen LogP contribution in [0.5, 0.6) is 11.5 Å². The summed E-state index contributed by atoms with van der Waals surface area (Å²) in [6.45, 7) is 5.92. The molecule has 3 N–H and O–H groups in total. The Morgan fingerprint density at radius 3 is 2.08 bits per heavy atom. The summed E-state index contributed by atoms with van der Waals surface area (Å²) in [5.41, 5.74) is 5.64. The molecule has 0 bridgehead atoms. The minimum atomic E-state index is -0.810. The van der Waals surface area contributed by atoms with E-state index in [0.717, 1.165) is 73.6 Å². The number of nitrogens with zero attached hydrogens (tertiary/aromatic N) is 1. The minimum Gasteiger partial charge on any atom is -0.496 e. The van der Waals surface area contributed by atoms with Gasteiger partial charge in [0.1, 0.15) is 17.0 Å². The molecule has 2 aliphatic rings. The van der Waals surface area contributed by atoms with E-state index in [-0.39, 0.29) is 41.6 Å². The molecule has 3 aromatic carbocycles. The van der Waals surface area contributed by atoms with Gasteiger partial charge in [-0.05, 0) is 81.5 Å². The maximum absolute atomic E-state index is 15.2. The van der Waals surface area contributed by atoms with Crippen LogP contribution in [0, 0.1) is 26.7 Å². The summed E-state index contributed by atoms with van der Waals surface area (Å²) < 4.78 is 12.0. The molecule has 2 fully saturated rings. The molecule has 2 aliphatic carbocycles. The van der Waals surface area contributed by atoms with E-state index in [4.69, 9.17) is 9.47 Å². The molecule has 0 unspecified atom stereocenters. The normalized spacial score (nSPS) is 18.1. The van der Waals surface area contributed by atoms with Crippen molar-refractivity contribution in [2.75, 3.05) is 24.9 Å². The lowest BCUT2D eigenvalue weighted by Crippen LogP contribution is -2.50. The Kier molecular flexibility index (Phi) is 11.3. The van der Waals surface area contributed by atoms with Crippen LogP contribution in [0.3, 0.4) is 0 Å². The highest BCUT2D eigenvalue weighted by atomic mass is 16.5. The third-order valence-corrected chi connectivity index (χ3v) is 9.93. The monoisotopic (exact) mass is 655 g/mol. The molecule has 0 spiro atoms. The summed E-state index contributed by atoms with van der Waals surface area (Å²) in [6.07, 6.45) is 8.14. The first kappa shape index (κ1) is 34.8. The number of aryl methyl sites for hydroxylation is 3. The quantitative estimate of drug-likeness (QED) is 0.201. The molecule has 3 amide bonds. The van der Waals surface area contributed by atoms with Crippen LogP contribution in [0.15, 0.2) is 48.5 Å². The number of hydrogen-bond acceptors (Lipinski definition) is 5. The van der Waals surface area contributed by atoms with Gasteiger partial charge in [-0.3, -0.25) is 9.59 Å². The molecule has 9 nitrogen and oxygen atoms in total. The number of rotatable bonds is 10. The highest BCUT2D eigenvalue weighted by Crippen LogP contribution is 2.46. The number of benzene rings is 3. The van der Waals surface area contributed by atoms with E-state index >= 15 is 4.79 Å². The first-order valence-electron chi connectivity index (χ1n) is 17.2. The second kappa shape index (κ2) is 15.6. The Morgan fingerprint density at radius 1 is 0.812 bits per heavy atom. The van der Waals surface area contributed by atoms with Gasteiger partial charge in [-0.2, -0.15) is 0 Å². The number of ether oxygens (including phenoxy) is 2. The number of urea groups is 1. The molecule has 3 aromatic rings. The zero-order valence-corrected chi connectivity index (χ0v) is 28.9. The second-order valence-electron chi connectivity index (χ2n) is 13.4. The van der Waals surface area contributed by atoms with Crippen LogP contribution in [-0.4, -0.2) is 54.2 Å². The number of carbonyl (C=O) groups excluding carboxylic acids is 2. The van der Waals surface area contributed by atoms with Gasteiger partial charge in [-0.1, -0.05) is 73.7 Å². The number of aliphatic carboxylic acids is 1. The molecule has 0 saturated heterocycles. The van der Waals surface area contributed by atoms with Crippen molar-refractivity contribution in [1.82, 2.24) is 4.90 Å². The number of hydrogen-bond donors (Lipinski definition) is 3. The average molecular weight is 656 g/mol. The molecule has 256 valence electrons.